The summed E-state index contributed by atoms with van der Waals surface area (Å²) >= 11 is 0. The Balaban J connectivity index is -0.000000110. The fourth-order valence-electron chi connectivity index (χ4n) is 13.2. The summed E-state index contributed by atoms with van der Waals surface area (Å²) in [6, 6.07) is 0. The number of hydrogen-bond donors (Lipinski definition) is 0. The van der Waals surface area contributed by atoms with Crippen LogP contribution in [0.2, 0.25) is 0 Å². The van der Waals surface area contributed by atoms with Gasteiger partial charge in [-0.05, 0) is 128 Å². The summed E-state index contributed by atoms with van der Waals surface area (Å²) in [4.78, 5) is 0. The molecule has 0 atom stereocenters. The van der Waals surface area contributed by atoms with E-state index in [-0.39, 0.29) is 62.0 Å². The minimum absolute atomic E-state index is 0. The Morgan fingerprint density at radius 1 is 0.100 bits per heavy atom. The fraction of sp³-hybridized carbons (Fsp3) is 1.00. The summed E-state index contributed by atoms with van der Waals surface area (Å²) in [6.07, 6.45) is 55.3. The number of quaternary nitrogens is 5. The van der Waals surface area contributed by atoms with Crippen molar-refractivity contribution in [1.82, 2.24) is 0 Å². The highest BCUT2D eigenvalue weighted by molar-refractivity contribution is 4.55. The third kappa shape index (κ3) is 67.8. The molecule has 0 amide bonds. The maximum Gasteiger partial charge on any atom is 0.0786 e. The molecular weight excluding hydrogens is 1210 g/mol. The quantitative estimate of drug-likeness (QED) is 0.0533. The van der Waals surface area contributed by atoms with E-state index in [1.165, 1.54) is 410 Å². The van der Waals surface area contributed by atoms with Crippen molar-refractivity contribution in [2.75, 3.05) is 131 Å². The normalized spacial score (nSPS) is 11.3. The van der Waals surface area contributed by atoms with Crippen molar-refractivity contribution in [2.24, 2.45) is 0 Å². The molecule has 0 radical (unpaired) electrons. The number of unbranched alkanes of at least 4 members (excludes halogenated alkanes) is 20. The first-order valence-electron chi connectivity index (χ1n) is 40.5. The van der Waals surface area contributed by atoms with Gasteiger partial charge in [0.25, 0.3) is 0 Å². The van der Waals surface area contributed by atoms with Gasteiger partial charge in [0.1, 0.15) is 0 Å². The van der Waals surface area contributed by atoms with Crippen molar-refractivity contribution in [3.05, 3.63) is 0 Å². The first-order valence-corrected chi connectivity index (χ1v) is 40.5. The van der Waals surface area contributed by atoms with E-state index in [9.17, 15) is 0 Å². The maximum absolute atomic E-state index is 2.33. The first-order chi connectivity index (χ1) is 41.2. The van der Waals surface area contributed by atoms with Crippen LogP contribution in [-0.2, 0) is 0 Å². The SMILES string of the molecule is CCCC[N+](CCCC)(CCCC)CCCC.CCCC[N+](CCCC)(CCCC)CCCC.CCCC[N+](CCCC)(CCCC)CCCC.CCCC[N+](CCCC)(CCCC)CCCC.CCCC[N+](CCCC)(CCCC)CCCC.[Cl-].[Cl-].[Cl-].[Cl-].[Cl-]. The van der Waals surface area contributed by atoms with Crippen molar-refractivity contribution in [2.45, 2.75) is 395 Å². The Bertz CT molecular complexity index is 817. The smallest absolute Gasteiger partial charge is 0.0786 e. The Labute approximate surface area is 606 Å². The predicted octanol–water partition coefficient (Wildman–Crippen LogP) is 10.0. The van der Waals surface area contributed by atoms with Crippen LogP contribution < -0.4 is 62.0 Å². The lowest BCUT2D eigenvalue weighted by Gasteiger charge is -2.39. The van der Waals surface area contributed by atoms with E-state index in [4.69, 9.17) is 0 Å². The minimum Gasteiger partial charge on any atom is -1.00 e. The molecule has 0 saturated heterocycles. The van der Waals surface area contributed by atoms with E-state index in [1.807, 2.05) is 0 Å². The highest BCUT2D eigenvalue weighted by atomic mass is 35.5. The van der Waals surface area contributed by atoms with Crippen LogP contribution in [-0.4, -0.2) is 153 Å². The number of rotatable bonds is 60. The minimum atomic E-state index is 0. The number of hydrogen-bond acceptors (Lipinski definition) is 0. The Hall–Kier alpha value is 1.25. The van der Waals surface area contributed by atoms with Gasteiger partial charge < -0.3 is 84.5 Å². The molecule has 5 nitrogen and oxygen atoms in total. The van der Waals surface area contributed by atoms with Crippen LogP contribution in [0.1, 0.15) is 395 Å². The second kappa shape index (κ2) is 86.3. The van der Waals surface area contributed by atoms with E-state index in [0.29, 0.717) is 0 Å². The summed E-state index contributed by atoms with van der Waals surface area (Å²) < 4.78 is 7.10. The van der Waals surface area contributed by atoms with Crippen LogP contribution >= 0.6 is 0 Å². The molecule has 0 spiro atoms. The van der Waals surface area contributed by atoms with Gasteiger partial charge in [0.05, 0.1) is 131 Å². The Kier molecular flexibility index (Phi) is 108. The van der Waals surface area contributed by atoms with Crippen LogP contribution in [0.4, 0.5) is 0 Å². The molecule has 0 aromatic carbocycles. The standard InChI is InChI=1S/5C16H36N.5ClH/c5*1-5-9-13-17(14-10-6-2,15-11-7-3)16-12-8-4;;;;;/h5*5-16H2,1-4H3;5*1H/q5*+1;;;;;/p-5. The summed E-state index contributed by atoms with van der Waals surface area (Å²) in [5.74, 6) is 0. The predicted molar refractivity (Wildman–Crippen MR) is 397 cm³/mol. The molecular formula is C80H180Cl5N5. The molecule has 0 aliphatic heterocycles. The van der Waals surface area contributed by atoms with Crippen LogP contribution in [0.15, 0.2) is 0 Å². The molecule has 0 saturated carbocycles. The molecule has 0 rings (SSSR count). The first kappa shape index (κ1) is 113. The van der Waals surface area contributed by atoms with Crippen LogP contribution in [0.25, 0.3) is 0 Å². The molecule has 0 heterocycles. The van der Waals surface area contributed by atoms with Gasteiger partial charge in [-0.25, -0.2) is 0 Å². The van der Waals surface area contributed by atoms with Gasteiger partial charge >= 0.3 is 0 Å². The monoisotopic (exact) mass is 1390 g/mol. The zero-order valence-electron chi connectivity index (χ0n) is 66.6. The topological polar surface area (TPSA) is 0 Å². The number of halogens is 5. The highest BCUT2D eigenvalue weighted by Crippen LogP contribution is 2.21. The molecule has 0 fully saturated rings. The van der Waals surface area contributed by atoms with Crippen LogP contribution in [0, 0.1) is 0 Å². The molecule has 560 valence electrons. The van der Waals surface area contributed by atoms with E-state index >= 15 is 0 Å². The lowest BCUT2D eigenvalue weighted by atomic mass is 10.1. The van der Waals surface area contributed by atoms with Gasteiger partial charge in [-0.15, -0.1) is 0 Å². The average Bonchev–Trinajstić information content (AvgIpc) is 3.64. The second-order valence-corrected chi connectivity index (χ2v) is 28.3. The molecule has 0 aromatic heterocycles. The highest BCUT2D eigenvalue weighted by Gasteiger charge is 2.29. The van der Waals surface area contributed by atoms with Crippen molar-refractivity contribution >= 4 is 0 Å². The number of nitrogens with zero attached hydrogens (tertiary/aromatic N) is 5. The van der Waals surface area contributed by atoms with Gasteiger partial charge in [-0.2, -0.15) is 0 Å². The lowest BCUT2D eigenvalue weighted by Crippen LogP contribution is -3.00. The molecule has 10 heteroatoms. The maximum atomic E-state index is 2.33. The van der Waals surface area contributed by atoms with Gasteiger partial charge in [-0.3, -0.25) is 0 Å². The van der Waals surface area contributed by atoms with E-state index in [0.717, 1.165) is 0 Å². The Morgan fingerprint density at radius 3 is 0.178 bits per heavy atom. The molecule has 0 aromatic rings. The van der Waals surface area contributed by atoms with Crippen LogP contribution in [0.5, 0.6) is 0 Å². The molecule has 0 aliphatic carbocycles. The van der Waals surface area contributed by atoms with Crippen LogP contribution in [0.3, 0.4) is 0 Å². The Morgan fingerprint density at radius 2 is 0.144 bits per heavy atom. The summed E-state index contributed by atoms with van der Waals surface area (Å²) in [6.45, 7) is 75.1. The lowest BCUT2D eigenvalue weighted by molar-refractivity contribution is -0.929. The van der Waals surface area contributed by atoms with Gasteiger partial charge in [0.2, 0.25) is 0 Å². The van der Waals surface area contributed by atoms with E-state index < -0.39 is 0 Å². The average molecular weight is 1390 g/mol. The van der Waals surface area contributed by atoms with Gasteiger partial charge in [0, 0.05) is 0 Å². The molecule has 90 heavy (non-hydrogen) atoms. The molecule has 0 aliphatic rings. The summed E-state index contributed by atoms with van der Waals surface area (Å²) in [7, 11) is 0. The van der Waals surface area contributed by atoms with Crippen molar-refractivity contribution < 1.29 is 84.5 Å². The third-order valence-electron chi connectivity index (χ3n) is 19.7. The van der Waals surface area contributed by atoms with E-state index in [2.05, 4.69) is 138 Å². The molecule has 0 unspecified atom stereocenters. The van der Waals surface area contributed by atoms with Gasteiger partial charge in [0.15, 0.2) is 0 Å². The van der Waals surface area contributed by atoms with Crippen molar-refractivity contribution in [3.8, 4) is 0 Å². The van der Waals surface area contributed by atoms with Crippen molar-refractivity contribution in [1.29, 1.82) is 0 Å². The fourth-order valence-corrected chi connectivity index (χ4v) is 13.2. The zero-order chi connectivity index (χ0) is 64.9. The largest absolute Gasteiger partial charge is 1.00 e. The molecule has 0 bridgehead atoms. The van der Waals surface area contributed by atoms with Gasteiger partial charge in [-0.1, -0.05) is 267 Å². The van der Waals surface area contributed by atoms with Crippen molar-refractivity contribution in [3.63, 3.8) is 0 Å². The summed E-state index contributed by atoms with van der Waals surface area (Å²) in [5.41, 5.74) is 0. The molecule has 0 N–H and O–H groups in total. The summed E-state index contributed by atoms with van der Waals surface area (Å²) in [5, 5.41) is 0. The third-order valence-corrected chi connectivity index (χ3v) is 19.7. The second-order valence-electron chi connectivity index (χ2n) is 28.3. The zero-order valence-corrected chi connectivity index (χ0v) is 70.3. The van der Waals surface area contributed by atoms with E-state index in [1.54, 1.807) is 0 Å².